The molecule has 0 aromatic heterocycles. The molecule has 0 saturated carbocycles. The van der Waals surface area contributed by atoms with Crippen molar-refractivity contribution in [3.8, 4) is 0 Å². The highest BCUT2D eigenvalue weighted by Gasteiger charge is 2.10. The number of nitrogens with one attached hydrogen (secondary N) is 1. The lowest BCUT2D eigenvalue weighted by atomic mass is 10.0. The first-order chi connectivity index (χ1) is 18.0. The van der Waals surface area contributed by atoms with Crippen LogP contribution < -0.4 is 5.32 Å². The summed E-state index contributed by atoms with van der Waals surface area (Å²) in [7, 11) is 2.24. The maximum Gasteiger partial charge on any atom is 0.0484 e. The van der Waals surface area contributed by atoms with Crippen molar-refractivity contribution in [2.75, 3.05) is 33.2 Å². The number of nitrogens with zero attached hydrogens (tertiary/aromatic N) is 3. The van der Waals surface area contributed by atoms with Crippen LogP contribution >= 0.6 is 11.6 Å². The number of unbranched alkanes of at least 4 members (excludes halogenated alkanes) is 1. The van der Waals surface area contributed by atoms with Crippen molar-refractivity contribution < 1.29 is 0 Å². The second kappa shape index (κ2) is 16.4. The Hall–Kier alpha value is -2.50. The summed E-state index contributed by atoms with van der Waals surface area (Å²) in [4.78, 5) is 9.59. The predicted octanol–water partition coefficient (Wildman–Crippen LogP) is 6.66. The van der Waals surface area contributed by atoms with Crippen LogP contribution in [0.1, 0.15) is 37.8 Å². The molecule has 0 amide bonds. The molecule has 5 heteroatoms. The summed E-state index contributed by atoms with van der Waals surface area (Å²) < 4.78 is 0. The third-order valence-corrected chi connectivity index (χ3v) is 6.86. The molecule has 3 rings (SSSR count). The van der Waals surface area contributed by atoms with Crippen molar-refractivity contribution in [2.24, 2.45) is 10.9 Å². The third kappa shape index (κ3) is 11.6. The number of allylic oxidation sites excluding steroid dienone is 4. The normalized spacial score (nSPS) is 17.7. The standard InChI is InChI=1S/C32H43ClN4/c1-27-16-17-31(33)24-32(27)35-20-18-28(2)34-19-10-11-21-36(3)22-23-37(25-29-12-6-4-7-13-29)26-30-14-8-5-9-15-30/h4-9,12-18,20,24,27-28,34H,10-11,19,21-23,25-26H2,1-3H3/b20-18-,35-32?. The Morgan fingerprint density at radius 1 is 0.946 bits per heavy atom. The summed E-state index contributed by atoms with van der Waals surface area (Å²) in [5, 5.41) is 4.32. The van der Waals surface area contributed by atoms with E-state index < -0.39 is 0 Å². The molecule has 2 unspecified atom stereocenters. The Morgan fingerprint density at radius 2 is 1.59 bits per heavy atom. The maximum absolute atomic E-state index is 6.09. The van der Waals surface area contributed by atoms with Gasteiger partial charge in [0.2, 0.25) is 0 Å². The number of hydrogen-bond acceptors (Lipinski definition) is 4. The smallest absolute Gasteiger partial charge is 0.0484 e. The van der Waals surface area contributed by atoms with Gasteiger partial charge in [0.1, 0.15) is 0 Å². The lowest BCUT2D eigenvalue weighted by Gasteiger charge is -2.26. The average Bonchev–Trinajstić information content (AvgIpc) is 2.90. The minimum absolute atomic E-state index is 0.292. The summed E-state index contributed by atoms with van der Waals surface area (Å²) in [6, 6.07) is 21.9. The number of aliphatic imine (C=N–C) groups is 1. The summed E-state index contributed by atoms with van der Waals surface area (Å²) in [6.07, 6.45) is 12.3. The van der Waals surface area contributed by atoms with E-state index in [9.17, 15) is 0 Å². The first kappa shape index (κ1) is 29.1. The minimum atomic E-state index is 0.292. The van der Waals surface area contributed by atoms with Gasteiger partial charge in [-0.1, -0.05) is 85.3 Å². The molecule has 2 aromatic carbocycles. The Morgan fingerprint density at radius 3 is 2.24 bits per heavy atom. The van der Waals surface area contributed by atoms with E-state index in [0.717, 1.165) is 56.4 Å². The van der Waals surface area contributed by atoms with Crippen LogP contribution in [0.5, 0.6) is 0 Å². The van der Waals surface area contributed by atoms with Crippen molar-refractivity contribution in [1.82, 2.24) is 15.1 Å². The van der Waals surface area contributed by atoms with E-state index >= 15 is 0 Å². The fourth-order valence-electron chi connectivity index (χ4n) is 4.29. The van der Waals surface area contributed by atoms with Gasteiger partial charge in [0.25, 0.3) is 0 Å². The number of halogens is 1. The van der Waals surface area contributed by atoms with E-state index in [4.69, 9.17) is 11.6 Å². The zero-order valence-electron chi connectivity index (χ0n) is 22.7. The van der Waals surface area contributed by atoms with E-state index in [2.05, 4.69) is 114 Å². The van der Waals surface area contributed by atoms with Crippen LogP contribution in [0.4, 0.5) is 0 Å². The van der Waals surface area contributed by atoms with Crippen molar-refractivity contribution in [3.05, 3.63) is 107 Å². The van der Waals surface area contributed by atoms with Gasteiger partial charge in [-0.25, -0.2) is 0 Å². The third-order valence-electron chi connectivity index (χ3n) is 6.62. The molecule has 1 N–H and O–H groups in total. The van der Waals surface area contributed by atoms with Crippen LogP contribution in [0.25, 0.3) is 0 Å². The average molecular weight is 519 g/mol. The second-order valence-electron chi connectivity index (χ2n) is 10.0. The Labute approximate surface area is 229 Å². The number of benzene rings is 2. The van der Waals surface area contributed by atoms with E-state index in [1.54, 1.807) is 0 Å². The van der Waals surface area contributed by atoms with Crippen LogP contribution in [-0.2, 0) is 13.1 Å². The molecule has 2 atom stereocenters. The van der Waals surface area contributed by atoms with Crippen LogP contribution in [-0.4, -0.2) is 54.8 Å². The van der Waals surface area contributed by atoms with Crippen LogP contribution in [0.2, 0.25) is 0 Å². The lowest BCUT2D eigenvalue weighted by Crippen LogP contribution is -2.33. The molecule has 0 aliphatic heterocycles. The van der Waals surface area contributed by atoms with Gasteiger partial charge in [-0.3, -0.25) is 9.89 Å². The second-order valence-corrected chi connectivity index (χ2v) is 10.4. The molecule has 0 radical (unpaired) electrons. The molecule has 1 aliphatic rings. The first-order valence-electron chi connectivity index (χ1n) is 13.5. The number of likely N-dealkylation sites (N-methyl/N-ethyl adjacent to an activating group) is 1. The highest BCUT2D eigenvalue weighted by Crippen LogP contribution is 2.16. The molecular formula is C32H43ClN4. The molecule has 1 aliphatic carbocycles. The maximum atomic E-state index is 6.09. The summed E-state index contributed by atoms with van der Waals surface area (Å²) >= 11 is 6.09. The van der Waals surface area contributed by atoms with Crippen molar-refractivity contribution in [3.63, 3.8) is 0 Å². The largest absolute Gasteiger partial charge is 0.311 e. The molecule has 0 spiro atoms. The van der Waals surface area contributed by atoms with Crippen LogP contribution in [0.15, 0.2) is 101 Å². The van der Waals surface area contributed by atoms with Crippen molar-refractivity contribution >= 4 is 17.3 Å². The van der Waals surface area contributed by atoms with Gasteiger partial charge >= 0.3 is 0 Å². The van der Waals surface area contributed by atoms with Crippen LogP contribution in [0, 0.1) is 5.92 Å². The van der Waals surface area contributed by atoms with E-state index in [1.165, 1.54) is 17.5 Å². The summed E-state index contributed by atoms with van der Waals surface area (Å²) in [5.41, 5.74) is 3.74. The molecule has 4 nitrogen and oxygen atoms in total. The molecule has 0 fully saturated rings. The topological polar surface area (TPSA) is 30.9 Å². The zero-order chi connectivity index (χ0) is 26.3. The van der Waals surface area contributed by atoms with Gasteiger partial charge in [0.15, 0.2) is 0 Å². The van der Waals surface area contributed by atoms with Gasteiger partial charge in [-0.15, -0.1) is 0 Å². The van der Waals surface area contributed by atoms with Crippen molar-refractivity contribution in [2.45, 2.75) is 45.8 Å². The summed E-state index contributed by atoms with van der Waals surface area (Å²) in [6.45, 7) is 10.5. The van der Waals surface area contributed by atoms with Gasteiger partial charge in [-0.2, -0.15) is 0 Å². The van der Waals surface area contributed by atoms with Gasteiger partial charge in [0, 0.05) is 55.1 Å². The van der Waals surface area contributed by atoms with Crippen LogP contribution in [0.3, 0.4) is 0 Å². The molecule has 37 heavy (non-hydrogen) atoms. The minimum Gasteiger partial charge on any atom is -0.311 e. The zero-order valence-corrected chi connectivity index (χ0v) is 23.4. The highest BCUT2D eigenvalue weighted by molar-refractivity contribution is 6.33. The molecular weight excluding hydrogens is 476 g/mol. The lowest BCUT2D eigenvalue weighted by molar-refractivity contribution is 0.210. The van der Waals surface area contributed by atoms with E-state index in [-0.39, 0.29) is 0 Å². The Kier molecular flexibility index (Phi) is 12.9. The predicted molar refractivity (Wildman–Crippen MR) is 160 cm³/mol. The van der Waals surface area contributed by atoms with E-state index in [1.807, 2.05) is 18.4 Å². The summed E-state index contributed by atoms with van der Waals surface area (Å²) in [5.74, 6) is 0.302. The fourth-order valence-corrected chi connectivity index (χ4v) is 4.48. The molecule has 0 heterocycles. The molecule has 0 bridgehead atoms. The number of rotatable bonds is 15. The first-order valence-corrected chi connectivity index (χ1v) is 13.9. The van der Waals surface area contributed by atoms with Gasteiger partial charge in [-0.05, 0) is 69.3 Å². The quantitative estimate of drug-likeness (QED) is 0.267. The molecule has 198 valence electrons. The van der Waals surface area contributed by atoms with Gasteiger partial charge in [0.05, 0.1) is 0 Å². The Balaban J connectivity index is 1.33. The highest BCUT2D eigenvalue weighted by atomic mass is 35.5. The Bertz CT molecular complexity index is 988. The van der Waals surface area contributed by atoms with Gasteiger partial charge < -0.3 is 10.2 Å². The number of hydrogen-bond donors (Lipinski definition) is 1. The van der Waals surface area contributed by atoms with Crippen molar-refractivity contribution in [1.29, 1.82) is 0 Å². The fraction of sp³-hybridized carbons (Fsp3) is 0.406. The SMILES string of the molecule is CC(/C=C\N=C1C=C(Cl)C=CC1C)NCCCCN(C)CCN(Cc1ccccc1)Cc1ccccc1. The monoisotopic (exact) mass is 518 g/mol. The van der Waals surface area contributed by atoms with E-state index in [0.29, 0.717) is 12.0 Å². The molecule has 0 saturated heterocycles. The molecule has 2 aromatic rings.